The number of rotatable bonds is 4. The summed E-state index contributed by atoms with van der Waals surface area (Å²) < 4.78 is 6.62. The average molecular weight is 279 g/mol. The van der Waals surface area contributed by atoms with Crippen molar-refractivity contribution in [2.75, 3.05) is 6.61 Å². The van der Waals surface area contributed by atoms with Crippen molar-refractivity contribution in [1.82, 2.24) is 0 Å². The van der Waals surface area contributed by atoms with E-state index in [1.165, 1.54) is 5.57 Å². The predicted octanol–water partition coefficient (Wildman–Crippen LogP) is 4.11. The largest absolute Gasteiger partial charge is 0.357 e. The zero-order valence-electron chi connectivity index (χ0n) is 9.53. The van der Waals surface area contributed by atoms with Crippen LogP contribution in [0, 0.1) is 12.3 Å². The molecule has 1 atom stereocenters. The summed E-state index contributed by atoms with van der Waals surface area (Å²) in [5.74, 6) is 2.65. The minimum atomic E-state index is -0.284. The summed E-state index contributed by atoms with van der Waals surface area (Å²) in [7, 11) is 0. The van der Waals surface area contributed by atoms with Crippen LogP contribution in [0.25, 0.3) is 0 Å². The molecule has 0 radical (unpaired) electrons. The van der Waals surface area contributed by atoms with Gasteiger partial charge in [-0.25, -0.2) is 0 Å². The van der Waals surface area contributed by atoms with Crippen LogP contribution in [0.3, 0.4) is 0 Å². The van der Waals surface area contributed by atoms with Crippen LogP contribution >= 0.6 is 15.9 Å². The maximum absolute atomic E-state index is 5.61. The van der Waals surface area contributed by atoms with Gasteiger partial charge in [0.2, 0.25) is 0 Å². The van der Waals surface area contributed by atoms with Crippen molar-refractivity contribution in [3.63, 3.8) is 0 Å². The summed E-state index contributed by atoms with van der Waals surface area (Å²) in [5, 5.41) is 0. The number of benzene rings is 1. The summed E-state index contributed by atoms with van der Waals surface area (Å²) in [6.07, 6.45) is 7.19. The Balaban J connectivity index is 2.69. The van der Waals surface area contributed by atoms with E-state index in [1.807, 2.05) is 44.2 Å². The smallest absolute Gasteiger partial charge is 0.143 e. The molecule has 0 aliphatic carbocycles. The molecule has 0 saturated carbocycles. The first kappa shape index (κ1) is 13.0. The molecule has 84 valence electrons. The molecule has 0 aliphatic rings. The molecular formula is C14H15BrO. The van der Waals surface area contributed by atoms with Crippen LogP contribution < -0.4 is 0 Å². The summed E-state index contributed by atoms with van der Waals surface area (Å²) in [6, 6.07) is 7.87. The van der Waals surface area contributed by atoms with E-state index in [0.29, 0.717) is 6.61 Å². The van der Waals surface area contributed by atoms with E-state index in [1.54, 1.807) is 0 Å². The first-order valence-corrected chi connectivity index (χ1v) is 5.89. The highest BCUT2D eigenvalue weighted by Crippen LogP contribution is 2.20. The van der Waals surface area contributed by atoms with Gasteiger partial charge >= 0.3 is 0 Å². The van der Waals surface area contributed by atoms with Crippen molar-refractivity contribution >= 4 is 15.9 Å². The Morgan fingerprint density at radius 1 is 1.56 bits per heavy atom. The Hall–Kier alpha value is -1.04. The van der Waals surface area contributed by atoms with E-state index in [0.717, 1.165) is 10.0 Å². The van der Waals surface area contributed by atoms with Gasteiger partial charge in [0.1, 0.15) is 6.10 Å². The van der Waals surface area contributed by atoms with Crippen LogP contribution in [-0.4, -0.2) is 6.61 Å². The fourth-order valence-corrected chi connectivity index (χ4v) is 1.64. The van der Waals surface area contributed by atoms with E-state index in [4.69, 9.17) is 11.2 Å². The van der Waals surface area contributed by atoms with Crippen LogP contribution in [0.5, 0.6) is 0 Å². The second-order valence-corrected chi connectivity index (χ2v) is 4.63. The lowest BCUT2D eigenvalue weighted by Gasteiger charge is -2.11. The van der Waals surface area contributed by atoms with Gasteiger partial charge in [-0.1, -0.05) is 45.6 Å². The van der Waals surface area contributed by atoms with Gasteiger partial charge in [-0.3, -0.25) is 0 Å². The molecule has 2 heteroatoms. The highest BCUT2D eigenvalue weighted by Gasteiger charge is 2.07. The van der Waals surface area contributed by atoms with Crippen LogP contribution in [0.1, 0.15) is 25.5 Å². The Kier molecular flexibility index (Phi) is 5.31. The van der Waals surface area contributed by atoms with Crippen molar-refractivity contribution < 1.29 is 4.74 Å². The van der Waals surface area contributed by atoms with E-state index in [-0.39, 0.29) is 6.10 Å². The molecule has 0 amide bonds. The average Bonchev–Trinajstić information content (AvgIpc) is 2.24. The Labute approximate surface area is 106 Å². The fourth-order valence-electron chi connectivity index (χ4n) is 1.22. The predicted molar refractivity (Wildman–Crippen MR) is 71.1 cm³/mol. The second kappa shape index (κ2) is 6.52. The normalized spacial score (nSPS) is 11.6. The van der Waals surface area contributed by atoms with Gasteiger partial charge < -0.3 is 4.74 Å². The molecular weight excluding hydrogens is 264 g/mol. The van der Waals surface area contributed by atoms with E-state index in [9.17, 15) is 0 Å². The lowest BCUT2D eigenvalue weighted by molar-refractivity contribution is 0.117. The van der Waals surface area contributed by atoms with Gasteiger partial charge in [0, 0.05) is 4.47 Å². The van der Waals surface area contributed by atoms with Crippen molar-refractivity contribution in [1.29, 1.82) is 0 Å². The maximum Gasteiger partial charge on any atom is 0.143 e. The highest BCUT2D eigenvalue weighted by molar-refractivity contribution is 9.10. The lowest BCUT2D eigenvalue weighted by Crippen LogP contribution is -2.02. The van der Waals surface area contributed by atoms with E-state index < -0.39 is 0 Å². The third-order valence-corrected chi connectivity index (χ3v) is 2.55. The molecule has 1 aromatic rings. The molecule has 0 fully saturated rings. The fraction of sp³-hybridized carbons (Fsp3) is 0.286. The Morgan fingerprint density at radius 2 is 2.31 bits per heavy atom. The minimum absolute atomic E-state index is 0.284. The first-order valence-electron chi connectivity index (χ1n) is 5.10. The quantitative estimate of drug-likeness (QED) is 0.595. The number of allylic oxidation sites excluding steroid dienone is 1. The summed E-state index contributed by atoms with van der Waals surface area (Å²) in [5.41, 5.74) is 2.23. The van der Waals surface area contributed by atoms with Gasteiger partial charge in [0.25, 0.3) is 0 Å². The van der Waals surface area contributed by atoms with Gasteiger partial charge in [-0.2, -0.15) is 0 Å². The molecule has 16 heavy (non-hydrogen) atoms. The second-order valence-electron chi connectivity index (χ2n) is 3.72. The van der Waals surface area contributed by atoms with Crippen LogP contribution in [0.4, 0.5) is 0 Å². The number of ether oxygens (including phenoxy) is 1. The van der Waals surface area contributed by atoms with Crippen molar-refractivity contribution in [3.8, 4) is 12.3 Å². The third-order valence-electron chi connectivity index (χ3n) is 2.06. The molecule has 0 aliphatic heterocycles. The molecule has 0 bridgehead atoms. The monoisotopic (exact) mass is 278 g/mol. The number of terminal acetylenes is 1. The van der Waals surface area contributed by atoms with Gasteiger partial charge in [-0.15, -0.1) is 6.42 Å². The molecule has 1 nitrogen and oxygen atoms in total. The lowest BCUT2D eigenvalue weighted by atomic mass is 10.1. The maximum atomic E-state index is 5.61. The Morgan fingerprint density at radius 3 is 2.88 bits per heavy atom. The third kappa shape index (κ3) is 4.22. The number of halogens is 1. The molecule has 0 spiro atoms. The van der Waals surface area contributed by atoms with Gasteiger partial charge in [0.15, 0.2) is 0 Å². The van der Waals surface area contributed by atoms with Gasteiger partial charge in [-0.05, 0) is 31.5 Å². The first-order chi connectivity index (χ1) is 7.63. The molecule has 1 aromatic carbocycles. The molecule has 0 saturated heterocycles. The highest BCUT2D eigenvalue weighted by atomic mass is 79.9. The molecule has 1 unspecified atom stereocenters. The topological polar surface area (TPSA) is 9.23 Å². The zero-order valence-corrected chi connectivity index (χ0v) is 11.1. The van der Waals surface area contributed by atoms with E-state index >= 15 is 0 Å². The Bertz CT molecular complexity index is 411. The van der Waals surface area contributed by atoms with Crippen molar-refractivity contribution in [3.05, 3.63) is 46.0 Å². The zero-order chi connectivity index (χ0) is 12.0. The minimum Gasteiger partial charge on any atom is -0.357 e. The van der Waals surface area contributed by atoms with Crippen LogP contribution in [-0.2, 0) is 4.74 Å². The molecule has 0 heterocycles. The number of hydrogen-bond donors (Lipinski definition) is 0. The molecule has 0 N–H and O–H groups in total. The van der Waals surface area contributed by atoms with E-state index in [2.05, 4.69) is 21.9 Å². The van der Waals surface area contributed by atoms with Crippen LogP contribution in [0.2, 0.25) is 0 Å². The number of hydrogen-bond acceptors (Lipinski definition) is 1. The molecule has 1 rings (SSSR count). The SMILES string of the molecule is C#CC(OCC=C(C)C)c1cccc(Br)c1. The van der Waals surface area contributed by atoms with Gasteiger partial charge in [0.05, 0.1) is 6.61 Å². The van der Waals surface area contributed by atoms with Crippen molar-refractivity contribution in [2.45, 2.75) is 20.0 Å². The standard InChI is InChI=1S/C14H15BrO/c1-4-14(16-9-8-11(2)3)12-6-5-7-13(15)10-12/h1,5-8,10,14H,9H2,2-3H3. The summed E-state index contributed by atoms with van der Waals surface area (Å²) >= 11 is 3.41. The molecule has 0 aromatic heterocycles. The summed E-state index contributed by atoms with van der Waals surface area (Å²) in [6.45, 7) is 4.62. The van der Waals surface area contributed by atoms with Crippen molar-refractivity contribution in [2.24, 2.45) is 0 Å². The summed E-state index contributed by atoms with van der Waals surface area (Å²) in [4.78, 5) is 0. The van der Waals surface area contributed by atoms with Crippen LogP contribution in [0.15, 0.2) is 40.4 Å².